The Morgan fingerprint density at radius 2 is 2.00 bits per heavy atom. The molecule has 0 atom stereocenters. The standard InChI is InChI=1S/C17H15BrN4O/c1-2-16(23)21-13-6-7-14-15(9-13)19-10-20-17(14)22-12-5-3-4-11(18)8-12/h3-10H,2H2,1H3,(H,21,23)(H,19,20,22). The van der Waals surface area contributed by atoms with Gasteiger partial charge in [-0.25, -0.2) is 9.97 Å². The van der Waals surface area contributed by atoms with Gasteiger partial charge in [0.05, 0.1) is 5.52 Å². The predicted molar refractivity (Wildman–Crippen MR) is 95.9 cm³/mol. The van der Waals surface area contributed by atoms with Crippen molar-refractivity contribution in [1.82, 2.24) is 9.97 Å². The Morgan fingerprint density at radius 1 is 1.13 bits per heavy atom. The number of halogens is 1. The molecule has 0 aliphatic heterocycles. The molecule has 6 heteroatoms. The van der Waals surface area contributed by atoms with Crippen LogP contribution in [0.25, 0.3) is 10.9 Å². The number of benzene rings is 2. The summed E-state index contributed by atoms with van der Waals surface area (Å²) in [5.74, 6) is 0.701. The average Bonchev–Trinajstić information content (AvgIpc) is 2.55. The summed E-state index contributed by atoms with van der Waals surface area (Å²) in [4.78, 5) is 20.1. The number of aromatic nitrogens is 2. The molecule has 1 aromatic heterocycles. The summed E-state index contributed by atoms with van der Waals surface area (Å²) in [7, 11) is 0. The molecule has 1 amide bonds. The Morgan fingerprint density at radius 3 is 2.78 bits per heavy atom. The molecular weight excluding hydrogens is 356 g/mol. The first kappa shape index (κ1) is 15.4. The molecular formula is C17H15BrN4O. The summed E-state index contributed by atoms with van der Waals surface area (Å²) < 4.78 is 0.991. The molecule has 0 radical (unpaired) electrons. The Bertz CT molecular complexity index is 866. The van der Waals surface area contributed by atoms with E-state index in [1.54, 1.807) is 0 Å². The van der Waals surface area contributed by atoms with Gasteiger partial charge < -0.3 is 10.6 Å². The molecule has 0 aliphatic rings. The third-order valence-electron chi connectivity index (χ3n) is 3.33. The van der Waals surface area contributed by atoms with Crippen molar-refractivity contribution in [2.75, 3.05) is 10.6 Å². The van der Waals surface area contributed by atoms with E-state index >= 15 is 0 Å². The summed E-state index contributed by atoms with van der Waals surface area (Å²) in [6.07, 6.45) is 1.95. The highest BCUT2D eigenvalue weighted by Crippen LogP contribution is 2.26. The number of fused-ring (bicyclic) bond motifs is 1. The van der Waals surface area contributed by atoms with Crippen LogP contribution in [-0.2, 0) is 4.79 Å². The van der Waals surface area contributed by atoms with Gasteiger partial charge in [-0.3, -0.25) is 4.79 Å². The SMILES string of the molecule is CCC(=O)Nc1ccc2c(Nc3cccc(Br)c3)ncnc2c1. The van der Waals surface area contributed by atoms with E-state index in [2.05, 4.69) is 36.5 Å². The lowest BCUT2D eigenvalue weighted by Crippen LogP contribution is -2.09. The molecule has 116 valence electrons. The number of carbonyl (C=O) groups is 1. The topological polar surface area (TPSA) is 66.9 Å². The average molecular weight is 371 g/mol. The molecule has 0 aliphatic carbocycles. The maximum Gasteiger partial charge on any atom is 0.224 e. The second-order valence-electron chi connectivity index (χ2n) is 4.99. The molecule has 0 bridgehead atoms. The van der Waals surface area contributed by atoms with Crippen LogP contribution in [0.3, 0.4) is 0 Å². The highest BCUT2D eigenvalue weighted by Gasteiger charge is 2.06. The van der Waals surface area contributed by atoms with Crippen LogP contribution in [0.2, 0.25) is 0 Å². The van der Waals surface area contributed by atoms with Crippen molar-refractivity contribution in [2.45, 2.75) is 13.3 Å². The smallest absolute Gasteiger partial charge is 0.224 e. The fourth-order valence-electron chi connectivity index (χ4n) is 2.19. The van der Waals surface area contributed by atoms with Crippen molar-refractivity contribution in [3.8, 4) is 0 Å². The first-order chi connectivity index (χ1) is 11.2. The normalized spacial score (nSPS) is 10.5. The molecule has 2 aromatic carbocycles. The van der Waals surface area contributed by atoms with Gasteiger partial charge >= 0.3 is 0 Å². The van der Waals surface area contributed by atoms with Crippen LogP contribution < -0.4 is 10.6 Å². The molecule has 1 heterocycles. The minimum absolute atomic E-state index is 0.0223. The van der Waals surface area contributed by atoms with E-state index in [1.807, 2.05) is 49.4 Å². The second-order valence-corrected chi connectivity index (χ2v) is 5.91. The molecule has 0 spiro atoms. The van der Waals surface area contributed by atoms with Crippen LogP contribution in [0.15, 0.2) is 53.3 Å². The van der Waals surface area contributed by atoms with E-state index in [-0.39, 0.29) is 5.91 Å². The zero-order valence-corrected chi connectivity index (χ0v) is 14.1. The van der Waals surface area contributed by atoms with Crippen LogP contribution in [0.4, 0.5) is 17.2 Å². The molecule has 3 aromatic rings. The monoisotopic (exact) mass is 370 g/mol. The van der Waals surface area contributed by atoms with Crippen LogP contribution in [0.1, 0.15) is 13.3 Å². The van der Waals surface area contributed by atoms with E-state index in [4.69, 9.17) is 0 Å². The quantitative estimate of drug-likeness (QED) is 0.710. The Hall–Kier alpha value is -2.47. The first-order valence-electron chi connectivity index (χ1n) is 7.23. The minimum Gasteiger partial charge on any atom is -0.340 e. The number of amides is 1. The molecule has 3 rings (SSSR count). The zero-order chi connectivity index (χ0) is 16.2. The van der Waals surface area contributed by atoms with E-state index in [0.29, 0.717) is 6.42 Å². The number of nitrogens with zero attached hydrogens (tertiary/aromatic N) is 2. The number of hydrogen-bond donors (Lipinski definition) is 2. The number of anilines is 3. The first-order valence-corrected chi connectivity index (χ1v) is 8.02. The van der Waals surface area contributed by atoms with Crippen molar-refractivity contribution in [2.24, 2.45) is 0 Å². The Balaban J connectivity index is 1.94. The zero-order valence-electron chi connectivity index (χ0n) is 12.5. The fraction of sp³-hybridized carbons (Fsp3) is 0.118. The third-order valence-corrected chi connectivity index (χ3v) is 3.82. The minimum atomic E-state index is -0.0223. The van der Waals surface area contributed by atoms with E-state index in [1.165, 1.54) is 6.33 Å². The van der Waals surface area contributed by atoms with Gasteiger partial charge in [-0.1, -0.05) is 28.9 Å². The van der Waals surface area contributed by atoms with E-state index < -0.39 is 0 Å². The van der Waals surface area contributed by atoms with Gasteiger partial charge in [0, 0.05) is 27.7 Å². The second kappa shape index (κ2) is 6.75. The number of carbonyl (C=O) groups excluding carboxylic acids is 1. The summed E-state index contributed by atoms with van der Waals surface area (Å²) in [5.41, 5.74) is 2.44. The fourth-order valence-corrected chi connectivity index (χ4v) is 2.59. The van der Waals surface area contributed by atoms with Crippen molar-refractivity contribution >= 4 is 49.9 Å². The van der Waals surface area contributed by atoms with Gasteiger partial charge in [0.15, 0.2) is 0 Å². The van der Waals surface area contributed by atoms with E-state index in [0.717, 1.165) is 32.6 Å². The van der Waals surface area contributed by atoms with Crippen LogP contribution in [0, 0.1) is 0 Å². The molecule has 0 saturated heterocycles. The maximum atomic E-state index is 11.5. The highest BCUT2D eigenvalue weighted by molar-refractivity contribution is 9.10. The summed E-state index contributed by atoms with van der Waals surface area (Å²) in [5, 5.41) is 7.02. The summed E-state index contributed by atoms with van der Waals surface area (Å²) >= 11 is 3.45. The van der Waals surface area contributed by atoms with Crippen molar-refractivity contribution < 1.29 is 4.79 Å². The highest BCUT2D eigenvalue weighted by atomic mass is 79.9. The summed E-state index contributed by atoms with van der Waals surface area (Å²) in [6.45, 7) is 1.82. The molecule has 2 N–H and O–H groups in total. The molecule has 0 fully saturated rings. The lowest BCUT2D eigenvalue weighted by atomic mass is 10.2. The maximum absolute atomic E-state index is 11.5. The van der Waals surface area contributed by atoms with E-state index in [9.17, 15) is 4.79 Å². The van der Waals surface area contributed by atoms with Gasteiger partial charge in [0.25, 0.3) is 0 Å². The predicted octanol–water partition coefficient (Wildman–Crippen LogP) is 4.48. The van der Waals surface area contributed by atoms with Gasteiger partial charge in [0.1, 0.15) is 12.1 Å². The number of rotatable bonds is 4. The van der Waals surface area contributed by atoms with Crippen molar-refractivity contribution in [3.05, 3.63) is 53.3 Å². The van der Waals surface area contributed by atoms with Gasteiger partial charge in [-0.15, -0.1) is 0 Å². The molecule has 23 heavy (non-hydrogen) atoms. The number of nitrogens with one attached hydrogen (secondary N) is 2. The van der Waals surface area contributed by atoms with Crippen LogP contribution >= 0.6 is 15.9 Å². The van der Waals surface area contributed by atoms with Gasteiger partial charge in [-0.2, -0.15) is 0 Å². The third kappa shape index (κ3) is 3.65. The molecule has 5 nitrogen and oxygen atoms in total. The lowest BCUT2D eigenvalue weighted by Gasteiger charge is -2.10. The lowest BCUT2D eigenvalue weighted by molar-refractivity contribution is -0.115. The molecule has 0 unspecified atom stereocenters. The number of hydrogen-bond acceptors (Lipinski definition) is 4. The van der Waals surface area contributed by atoms with Gasteiger partial charge in [-0.05, 0) is 36.4 Å². The van der Waals surface area contributed by atoms with Crippen molar-refractivity contribution in [3.63, 3.8) is 0 Å². The Kier molecular flexibility index (Phi) is 4.52. The Labute approximate surface area is 142 Å². The summed E-state index contributed by atoms with van der Waals surface area (Å²) in [6, 6.07) is 13.5. The van der Waals surface area contributed by atoms with Gasteiger partial charge in [0.2, 0.25) is 5.91 Å². The van der Waals surface area contributed by atoms with Crippen LogP contribution in [-0.4, -0.2) is 15.9 Å². The molecule has 0 saturated carbocycles. The van der Waals surface area contributed by atoms with Crippen LogP contribution in [0.5, 0.6) is 0 Å². The largest absolute Gasteiger partial charge is 0.340 e. The van der Waals surface area contributed by atoms with Crippen molar-refractivity contribution in [1.29, 1.82) is 0 Å².